The molecule has 3 aromatic rings. The van der Waals surface area contributed by atoms with Crippen LogP contribution in [0.3, 0.4) is 0 Å². The molecule has 0 atom stereocenters. The third-order valence-corrected chi connectivity index (χ3v) is 5.68. The topological polar surface area (TPSA) is 214 Å². The normalized spacial score (nSPS) is 10.6. The van der Waals surface area contributed by atoms with Gasteiger partial charge in [-0.25, -0.2) is 9.97 Å². The fourth-order valence-electron chi connectivity index (χ4n) is 3.63. The number of anilines is 2. The molecule has 0 bridgehead atoms. The largest absolute Gasteiger partial charge is 0.493 e. The first-order chi connectivity index (χ1) is 17.8. The lowest BCUT2D eigenvalue weighted by molar-refractivity contribution is 0.0971. The summed E-state index contributed by atoms with van der Waals surface area (Å²) < 4.78 is 5.96. The summed E-state index contributed by atoms with van der Waals surface area (Å²) >= 11 is 5.80. The number of halogens is 1. The fourth-order valence-corrected chi connectivity index (χ4v) is 3.76. The molecule has 37 heavy (non-hydrogen) atoms. The molecule has 1 amide bonds. The maximum atomic E-state index is 12.3. The van der Waals surface area contributed by atoms with Gasteiger partial charge in [0.2, 0.25) is 0 Å². The summed E-state index contributed by atoms with van der Waals surface area (Å²) in [4.78, 5) is 19.9. The van der Waals surface area contributed by atoms with E-state index < -0.39 is 5.91 Å². The number of unbranched alkanes of at least 4 members (excludes halogenated alkanes) is 1. The van der Waals surface area contributed by atoms with Crippen LogP contribution in [-0.4, -0.2) is 47.5 Å². The maximum absolute atomic E-state index is 12.3. The van der Waals surface area contributed by atoms with Gasteiger partial charge in [0, 0.05) is 18.5 Å². The van der Waals surface area contributed by atoms with Gasteiger partial charge in [-0.3, -0.25) is 20.9 Å². The van der Waals surface area contributed by atoms with Gasteiger partial charge in [0.05, 0.1) is 6.61 Å². The highest BCUT2D eigenvalue weighted by Crippen LogP contribution is 2.29. The number of benzene rings is 2. The first-order valence-corrected chi connectivity index (χ1v) is 12.1. The molecule has 11 N–H and O–H groups in total. The number of ether oxygens (including phenoxy) is 1. The Morgan fingerprint density at radius 2 is 1.68 bits per heavy atom. The summed E-state index contributed by atoms with van der Waals surface area (Å²) in [5, 5.41) is 25.2. The Morgan fingerprint density at radius 1 is 0.946 bits per heavy atom. The molecule has 13 heteroatoms. The van der Waals surface area contributed by atoms with E-state index >= 15 is 0 Å². The van der Waals surface area contributed by atoms with Crippen molar-refractivity contribution in [3.63, 3.8) is 0 Å². The predicted molar refractivity (Wildman–Crippen MR) is 146 cm³/mol. The van der Waals surface area contributed by atoms with Crippen LogP contribution in [0.25, 0.3) is 10.8 Å². The average Bonchev–Trinajstić information content (AvgIpc) is 2.86. The Morgan fingerprint density at radius 3 is 2.43 bits per heavy atom. The highest BCUT2D eigenvalue weighted by atomic mass is 35.5. The van der Waals surface area contributed by atoms with Gasteiger partial charge < -0.3 is 32.6 Å². The number of carbonyl (C=O) groups is 1. The zero-order valence-corrected chi connectivity index (χ0v) is 21.0. The maximum Gasteiger partial charge on any atom is 0.280 e. The quantitative estimate of drug-likeness (QED) is 0.104. The number of carbonyl (C=O) groups excluding carboxylic acids is 1. The van der Waals surface area contributed by atoms with Crippen molar-refractivity contribution in [2.45, 2.75) is 25.7 Å². The molecule has 0 aliphatic heterocycles. The summed E-state index contributed by atoms with van der Waals surface area (Å²) in [6.45, 7) is 1.59. The monoisotopic (exact) mass is 526 g/mol. The predicted octanol–water partition coefficient (Wildman–Crippen LogP) is 1.98. The lowest BCUT2D eigenvalue weighted by Crippen LogP contribution is -2.41. The highest BCUT2D eigenvalue weighted by Gasteiger charge is 2.17. The summed E-state index contributed by atoms with van der Waals surface area (Å²) in [7, 11) is 0. The molecule has 0 spiro atoms. The Labute approximate surface area is 219 Å². The van der Waals surface area contributed by atoms with Crippen LogP contribution in [-0.2, 0) is 6.42 Å². The van der Waals surface area contributed by atoms with Crippen LogP contribution < -0.4 is 37.9 Å². The molecule has 0 radical (unpaired) electrons. The van der Waals surface area contributed by atoms with E-state index in [1.54, 1.807) is 0 Å². The van der Waals surface area contributed by atoms with Gasteiger partial charge in [-0.2, -0.15) is 0 Å². The number of nitrogen functional groups attached to an aromatic ring is 2. The standard InChI is InChI=1S/C24H31ClN10O2/c25-19-21(27)34-20(26)18(33-19)22(36)35-24(30)32-11-4-3-6-14-9-10-17(16-8-2-1-7-15(14)16)37-13-5-12-31-23(28)29/h1-2,7-10H,3-6,11-13H2,(H4,26,27,34)(H4,28,29,31)(H3,30,32,35,36). The van der Waals surface area contributed by atoms with E-state index in [0.29, 0.717) is 19.7 Å². The summed E-state index contributed by atoms with van der Waals surface area (Å²) in [5.41, 5.74) is 17.5. The van der Waals surface area contributed by atoms with Gasteiger partial charge in [0.25, 0.3) is 5.91 Å². The third kappa shape index (κ3) is 7.84. The molecule has 2 aromatic carbocycles. The third-order valence-electron chi connectivity index (χ3n) is 5.40. The number of amides is 1. The van der Waals surface area contributed by atoms with E-state index in [-0.39, 0.29) is 34.4 Å². The first kappa shape index (κ1) is 27.3. The molecular formula is C24H31ClN10O2. The summed E-state index contributed by atoms with van der Waals surface area (Å²) in [5.74, 6) is -0.341. The Balaban J connectivity index is 1.45. The van der Waals surface area contributed by atoms with E-state index in [0.717, 1.165) is 42.2 Å². The van der Waals surface area contributed by atoms with Crippen molar-refractivity contribution < 1.29 is 9.53 Å². The van der Waals surface area contributed by atoms with Gasteiger partial charge >= 0.3 is 0 Å². The molecule has 0 aliphatic carbocycles. The van der Waals surface area contributed by atoms with Gasteiger partial charge in [-0.15, -0.1) is 0 Å². The molecule has 0 saturated carbocycles. The molecule has 0 saturated heterocycles. The van der Waals surface area contributed by atoms with Crippen LogP contribution in [0, 0.1) is 10.8 Å². The second kappa shape index (κ2) is 13.1. The fraction of sp³-hybridized carbons (Fsp3) is 0.292. The molecule has 0 fully saturated rings. The summed E-state index contributed by atoms with van der Waals surface area (Å²) in [6, 6.07) is 12.2. The van der Waals surface area contributed by atoms with Crippen molar-refractivity contribution in [2.24, 2.45) is 5.73 Å². The molecule has 1 aromatic heterocycles. The number of fused-ring (bicyclic) bond motifs is 1. The van der Waals surface area contributed by atoms with E-state index in [1.165, 1.54) is 5.56 Å². The minimum absolute atomic E-state index is 0.0462. The number of aromatic nitrogens is 2. The highest BCUT2D eigenvalue weighted by molar-refractivity contribution is 6.31. The molecule has 0 unspecified atom stereocenters. The van der Waals surface area contributed by atoms with E-state index in [2.05, 4.69) is 38.1 Å². The number of rotatable bonds is 11. The number of hydrogen-bond donors (Lipinski definition) is 8. The van der Waals surface area contributed by atoms with Crippen molar-refractivity contribution in [3.8, 4) is 5.75 Å². The molecule has 3 rings (SSSR count). The number of guanidine groups is 2. The van der Waals surface area contributed by atoms with E-state index in [1.807, 2.05) is 24.3 Å². The minimum Gasteiger partial charge on any atom is -0.493 e. The SMILES string of the molecule is N=C(N)NCCCOc1ccc(CCCCNC(=N)NC(=O)c2nc(Cl)c(N)nc2N)c2ccccc12. The van der Waals surface area contributed by atoms with Gasteiger partial charge in [0.1, 0.15) is 5.75 Å². The smallest absolute Gasteiger partial charge is 0.280 e. The summed E-state index contributed by atoms with van der Waals surface area (Å²) in [6.07, 6.45) is 3.23. The van der Waals surface area contributed by atoms with Crippen LogP contribution in [0.2, 0.25) is 5.15 Å². The average molecular weight is 527 g/mol. The Kier molecular flexibility index (Phi) is 9.67. The Hall–Kier alpha value is -4.32. The molecule has 0 aliphatic rings. The second-order valence-corrected chi connectivity index (χ2v) is 8.52. The molecule has 1 heterocycles. The van der Waals surface area contributed by atoms with Crippen molar-refractivity contribution in [1.82, 2.24) is 25.9 Å². The van der Waals surface area contributed by atoms with Crippen molar-refractivity contribution >= 4 is 51.8 Å². The number of nitrogens with one attached hydrogen (secondary N) is 5. The van der Waals surface area contributed by atoms with Crippen LogP contribution in [0.1, 0.15) is 35.3 Å². The number of nitrogens with zero attached hydrogens (tertiary/aromatic N) is 2. The lowest BCUT2D eigenvalue weighted by atomic mass is 9.99. The van der Waals surface area contributed by atoms with Gasteiger partial charge in [-0.1, -0.05) is 41.9 Å². The minimum atomic E-state index is -0.701. The van der Waals surface area contributed by atoms with Gasteiger partial charge in [-0.05, 0) is 42.7 Å². The number of aryl methyl sites for hydroxylation is 1. The van der Waals surface area contributed by atoms with Crippen LogP contribution in [0.15, 0.2) is 36.4 Å². The van der Waals surface area contributed by atoms with Crippen molar-refractivity contribution in [2.75, 3.05) is 31.2 Å². The number of nitrogens with two attached hydrogens (primary N) is 3. The first-order valence-electron chi connectivity index (χ1n) is 11.7. The zero-order valence-electron chi connectivity index (χ0n) is 20.2. The Bertz CT molecular complexity index is 1280. The second-order valence-electron chi connectivity index (χ2n) is 8.16. The lowest BCUT2D eigenvalue weighted by Gasteiger charge is -2.13. The van der Waals surface area contributed by atoms with Crippen LogP contribution in [0.4, 0.5) is 11.6 Å². The number of hydrogen-bond acceptors (Lipinski definition) is 8. The molecule has 196 valence electrons. The zero-order chi connectivity index (χ0) is 26.8. The van der Waals surface area contributed by atoms with Crippen molar-refractivity contribution in [1.29, 1.82) is 10.8 Å². The van der Waals surface area contributed by atoms with E-state index in [9.17, 15) is 4.79 Å². The van der Waals surface area contributed by atoms with Crippen LogP contribution >= 0.6 is 11.6 Å². The molecular weight excluding hydrogens is 496 g/mol. The molecule has 12 nitrogen and oxygen atoms in total. The van der Waals surface area contributed by atoms with Gasteiger partial charge in [0.15, 0.2) is 34.4 Å². The van der Waals surface area contributed by atoms with E-state index in [4.69, 9.17) is 44.4 Å². The van der Waals surface area contributed by atoms with Crippen LogP contribution in [0.5, 0.6) is 5.75 Å². The van der Waals surface area contributed by atoms with Crippen molar-refractivity contribution in [3.05, 3.63) is 52.8 Å².